The maximum absolute atomic E-state index is 11.3. The molecule has 0 fully saturated rings. The molecule has 0 aliphatic heterocycles. The van der Waals surface area contributed by atoms with E-state index in [0.717, 1.165) is 5.56 Å². The number of carbonyl (C=O) groups excluding carboxylic acids is 1. The Morgan fingerprint density at radius 3 is 3.15 bits per heavy atom. The number of nitrogens with one attached hydrogen (secondary N) is 1. The minimum absolute atomic E-state index is 0.0147. The Morgan fingerprint density at radius 1 is 1.69 bits per heavy atom. The van der Waals surface area contributed by atoms with Crippen LogP contribution in [0.15, 0.2) is 16.8 Å². The Kier molecular flexibility index (Phi) is 4.07. The molecule has 1 N–H and O–H groups in total. The third kappa shape index (κ3) is 3.30. The van der Waals surface area contributed by atoms with Gasteiger partial charge >= 0.3 is 0 Å². The average Bonchev–Trinajstić information content (AvgIpc) is 2.65. The summed E-state index contributed by atoms with van der Waals surface area (Å²) in [6.45, 7) is 2.41. The van der Waals surface area contributed by atoms with Gasteiger partial charge in [-0.3, -0.25) is 4.79 Å². The molecule has 3 heteroatoms. The molecule has 0 atom stereocenters. The highest BCUT2D eigenvalue weighted by atomic mass is 32.1. The molecule has 0 aliphatic carbocycles. The molecular formula is C10H11NOS. The summed E-state index contributed by atoms with van der Waals surface area (Å²) in [5.41, 5.74) is 0.731. The standard InChI is InChI=1S/C10H11NOS/c1-2-3-4-6-11-10(12)9-5-7-13-8-9/h5,7-8H,4,6H2,1H3,(H,11,12). The zero-order valence-corrected chi connectivity index (χ0v) is 8.28. The van der Waals surface area contributed by atoms with E-state index in [4.69, 9.17) is 0 Å². The van der Waals surface area contributed by atoms with E-state index in [9.17, 15) is 4.79 Å². The molecule has 0 saturated heterocycles. The van der Waals surface area contributed by atoms with Gasteiger partial charge in [-0.05, 0) is 18.4 Å². The Labute approximate surface area is 82.0 Å². The number of thiophene rings is 1. The predicted octanol–water partition coefficient (Wildman–Crippen LogP) is 1.89. The van der Waals surface area contributed by atoms with E-state index >= 15 is 0 Å². The Balaban J connectivity index is 2.29. The number of hydrogen-bond acceptors (Lipinski definition) is 2. The number of amides is 1. The van der Waals surface area contributed by atoms with Crippen LogP contribution in [0.3, 0.4) is 0 Å². The summed E-state index contributed by atoms with van der Waals surface area (Å²) < 4.78 is 0. The third-order valence-corrected chi connectivity index (χ3v) is 2.18. The maximum Gasteiger partial charge on any atom is 0.252 e. The second-order valence-corrected chi connectivity index (χ2v) is 3.22. The van der Waals surface area contributed by atoms with E-state index < -0.39 is 0 Å². The molecule has 0 saturated carbocycles. The summed E-state index contributed by atoms with van der Waals surface area (Å²) in [5.74, 6) is 5.65. The summed E-state index contributed by atoms with van der Waals surface area (Å²) in [6, 6.07) is 1.81. The lowest BCUT2D eigenvalue weighted by Crippen LogP contribution is -2.23. The molecule has 0 radical (unpaired) electrons. The van der Waals surface area contributed by atoms with E-state index in [1.54, 1.807) is 6.92 Å². The molecule has 68 valence electrons. The fourth-order valence-electron chi connectivity index (χ4n) is 0.859. The van der Waals surface area contributed by atoms with Crippen LogP contribution < -0.4 is 5.32 Å². The largest absolute Gasteiger partial charge is 0.351 e. The quantitative estimate of drug-likeness (QED) is 0.576. The van der Waals surface area contributed by atoms with Gasteiger partial charge in [-0.15, -0.1) is 11.8 Å². The van der Waals surface area contributed by atoms with Gasteiger partial charge in [-0.2, -0.15) is 11.3 Å². The summed E-state index contributed by atoms with van der Waals surface area (Å²) in [4.78, 5) is 11.3. The molecular weight excluding hydrogens is 182 g/mol. The SMILES string of the molecule is CC#CCCNC(=O)c1ccsc1. The highest BCUT2D eigenvalue weighted by Crippen LogP contribution is 2.04. The van der Waals surface area contributed by atoms with Crippen LogP contribution in [0.2, 0.25) is 0 Å². The summed E-state index contributed by atoms with van der Waals surface area (Å²) in [7, 11) is 0. The van der Waals surface area contributed by atoms with Gasteiger partial charge in [0.25, 0.3) is 5.91 Å². The lowest BCUT2D eigenvalue weighted by molar-refractivity contribution is 0.0955. The van der Waals surface area contributed by atoms with Crippen molar-refractivity contribution >= 4 is 17.2 Å². The van der Waals surface area contributed by atoms with Gasteiger partial charge in [0, 0.05) is 23.9 Å². The molecule has 1 aromatic heterocycles. The van der Waals surface area contributed by atoms with Gasteiger partial charge in [0.2, 0.25) is 0 Å². The molecule has 1 rings (SSSR count). The third-order valence-electron chi connectivity index (χ3n) is 1.50. The van der Waals surface area contributed by atoms with Gasteiger partial charge in [-0.25, -0.2) is 0 Å². The smallest absolute Gasteiger partial charge is 0.252 e. The van der Waals surface area contributed by atoms with Crippen molar-refractivity contribution in [2.45, 2.75) is 13.3 Å². The Hall–Kier alpha value is -1.27. The van der Waals surface area contributed by atoms with Crippen LogP contribution in [-0.2, 0) is 0 Å². The van der Waals surface area contributed by atoms with Crippen molar-refractivity contribution in [3.05, 3.63) is 22.4 Å². The van der Waals surface area contributed by atoms with Crippen molar-refractivity contribution in [2.75, 3.05) is 6.54 Å². The van der Waals surface area contributed by atoms with Gasteiger partial charge in [0.1, 0.15) is 0 Å². The molecule has 2 nitrogen and oxygen atoms in total. The van der Waals surface area contributed by atoms with Crippen LogP contribution in [0.25, 0.3) is 0 Å². The van der Waals surface area contributed by atoms with Crippen molar-refractivity contribution in [3.8, 4) is 11.8 Å². The predicted molar refractivity (Wildman–Crippen MR) is 54.7 cm³/mol. The van der Waals surface area contributed by atoms with Gasteiger partial charge in [0.05, 0.1) is 0 Å². The Bertz CT molecular complexity index is 318. The first-order valence-corrected chi connectivity index (χ1v) is 4.99. The summed E-state index contributed by atoms with van der Waals surface area (Å²) >= 11 is 1.52. The molecule has 0 spiro atoms. The molecule has 0 aromatic carbocycles. The number of hydrogen-bond donors (Lipinski definition) is 1. The van der Waals surface area contributed by atoms with Crippen molar-refractivity contribution in [1.29, 1.82) is 0 Å². The van der Waals surface area contributed by atoms with E-state index in [1.807, 2.05) is 16.8 Å². The van der Waals surface area contributed by atoms with Crippen LogP contribution in [0.5, 0.6) is 0 Å². The average molecular weight is 193 g/mol. The molecule has 1 heterocycles. The summed E-state index contributed by atoms with van der Waals surface area (Å²) in [6.07, 6.45) is 0.715. The second kappa shape index (κ2) is 5.39. The lowest BCUT2D eigenvalue weighted by atomic mass is 10.3. The highest BCUT2D eigenvalue weighted by Gasteiger charge is 2.02. The van der Waals surface area contributed by atoms with Crippen molar-refractivity contribution in [1.82, 2.24) is 5.32 Å². The first-order valence-electron chi connectivity index (χ1n) is 4.04. The molecule has 0 bridgehead atoms. The monoisotopic (exact) mass is 193 g/mol. The topological polar surface area (TPSA) is 29.1 Å². The van der Waals surface area contributed by atoms with Crippen LogP contribution in [0, 0.1) is 11.8 Å². The number of carbonyl (C=O) groups is 1. The number of rotatable bonds is 3. The minimum Gasteiger partial charge on any atom is -0.351 e. The zero-order chi connectivity index (χ0) is 9.52. The Morgan fingerprint density at radius 2 is 2.54 bits per heavy atom. The van der Waals surface area contributed by atoms with Crippen LogP contribution in [0.1, 0.15) is 23.7 Å². The highest BCUT2D eigenvalue weighted by molar-refractivity contribution is 7.08. The maximum atomic E-state index is 11.3. The summed E-state index contributed by atoms with van der Waals surface area (Å²) in [5, 5.41) is 6.51. The van der Waals surface area contributed by atoms with Crippen molar-refractivity contribution in [3.63, 3.8) is 0 Å². The normalized spacial score (nSPS) is 8.69. The van der Waals surface area contributed by atoms with Gasteiger partial charge in [-0.1, -0.05) is 0 Å². The van der Waals surface area contributed by atoms with Crippen molar-refractivity contribution < 1.29 is 4.79 Å². The van der Waals surface area contributed by atoms with E-state index in [0.29, 0.717) is 13.0 Å². The first kappa shape index (κ1) is 9.82. The second-order valence-electron chi connectivity index (χ2n) is 2.44. The molecule has 13 heavy (non-hydrogen) atoms. The first-order chi connectivity index (χ1) is 6.34. The molecule has 1 amide bonds. The van der Waals surface area contributed by atoms with Crippen LogP contribution >= 0.6 is 11.3 Å². The molecule has 1 aromatic rings. The van der Waals surface area contributed by atoms with Gasteiger partial charge < -0.3 is 5.32 Å². The van der Waals surface area contributed by atoms with E-state index in [-0.39, 0.29) is 5.91 Å². The van der Waals surface area contributed by atoms with E-state index in [2.05, 4.69) is 17.2 Å². The fourth-order valence-corrected chi connectivity index (χ4v) is 1.50. The fraction of sp³-hybridized carbons (Fsp3) is 0.300. The lowest BCUT2D eigenvalue weighted by Gasteiger charge is -1.98. The molecule has 0 aliphatic rings. The van der Waals surface area contributed by atoms with E-state index in [1.165, 1.54) is 11.3 Å². The van der Waals surface area contributed by atoms with Crippen LogP contribution in [0.4, 0.5) is 0 Å². The zero-order valence-electron chi connectivity index (χ0n) is 7.46. The van der Waals surface area contributed by atoms with Crippen molar-refractivity contribution in [2.24, 2.45) is 0 Å². The van der Waals surface area contributed by atoms with Crippen LogP contribution in [-0.4, -0.2) is 12.5 Å². The van der Waals surface area contributed by atoms with Gasteiger partial charge in [0.15, 0.2) is 0 Å². The molecule has 0 unspecified atom stereocenters. The minimum atomic E-state index is -0.0147.